The predicted molar refractivity (Wildman–Crippen MR) is 80.2 cm³/mol. The summed E-state index contributed by atoms with van der Waals surface area (Å²) in [5.74, 6) is 0.851. The fourth-order valence-electron chi connectivity index (χ4n) is 1.85. The van der Waals surface area contributed by atoms with Crippen LogP contribution in [0.5, 0.6) is 5.75 Å². The van der Waals surface area contributed by atoms with E-state index in [-0.39, 0.29) is 0 Å². The van der Waals surface area contributed by atoms with Crippen molar-refractivity contribution in [2.24, 2.45) is 0 Å². The van der Waals surface area contributed by atoms with E-state index in [1.807, 2.05) is 18.3 Å². The van der Waals surface area contributed by atoms with Gasteiger partial charge in [0.15, 0.2) is 0 Å². The minimum Gasteiger partial charge on any atom is -0.496 e. The van der Waals surface area contributed by atoms with Crippen molar-refractivity contribution < 1.29 is 4.74 Å². The summed E-state index contributed by atoms with van der Waals surface area (Å²) >= 11 is 3.49. The van der Waals surface area contributed by atoms with Crippen molar-refractivity contribution in [3.05, 3.63) is 57.8 Å². The standard InChI is InChI=1S/C15H17BrN2O/c1-11-4-3-7-18-14(11)10-17-9-12-5-6-15(19-2)13(16)8-12/h3-8,17H,9-10H2,1-2H3. The Bertz CT molecular complexity index is 558. The van der Waals surface area contributed by atoms with E-state index in [9.17, 15) is 0 Å². The first kappa shape index (κ1) is 14.0. The second kappa shape index (κ2) is 6.68. The number of nitrogens with zero attached hydrogens (tertiary/aromatic N) is 1. The van der Waals surface area contributed by atoms with Gasteiger partial charge in [-0.3, -0.25) is 4.98 Å². The normalized spacial score (nSPS) is 10.5. The van der Waals surface area contributed by atoms with Crippen molar-refractivity contribution in [3.63, 3.8) is 0 Å². The molecule has 0 aliphatic carbocycles. The molecule has 0 unspecified atom stereocenters. The van der Waals surface area contributed by atoms with Crippen LogP contribution in [0.1, 0.15) is 16.8 Å². The number of halogens is 1. The highest BCUT2D eigenvalue weighted by Crippen LogP contribution is 2.25. The zero-order valence-electron chi connectivity index (χ0n) is 11.1. The third kappa shape index (κ3) is 3.78. The van der Waals surface area contributed by atoms with E-state index < -0.39 is 0 Å². The van der Waals surface area contributed by atoms with E-state index in [1.54, 1.807) is 7.11 Å². The van der Waals surface area contributed by atoms with Gasteiger partial charge in [0.25, 0.3) is 0 Å². The zero-order chi connectivity index (χ0) is 13.7. The monoisotopic (exact) mass is 320 g/mol. The summed E-state index contributed by atoms with van der Waals surface area (Å²) in [6.07, 6.45) is 1.83. The Hall–Kier alpha value is -1.39. The minimum atomic E-state index is 0.774. The van der Waals surface area contributed by atoms with Crippen LogP contribution in [-0.2, 0) is 13.1 Å². The molecule has 0 fully saturated rings. The van der Waals surface area contributed by atoms with Crippen LogP contribution < -0.4 is 10.1 Å². The first-order valence-electron chi connectivity index (χ1n) is 6.14. The maximum absolute atomic E-state index is 5.21. The van der Waals surface area contributed by atoms with E-state index in [0.29, 0.717) is 0 Å². The van der Waals surface area contributed by atoms with Gasteiger partial charge in [-0.2, -0.15) is 0 Å². The van der Waals surface area contributed by atoms with Crippen molar-refractivity contribution in [1.29, 1.82) is 0 Å². The number of rotatable bonds is 5. The van der Waals surface area contributed by atoms with Crippen molar-refractivity contribution in [2.45, 2.75) is 20.0 Å². The van der Waals surface area contributed by atoms with Gasteiger partial charge in [0.05, 0.1) is 17.3 Å². The smallest absolute Gasteiger partial charge is 0.133 e. The quantitative estimate of drug-likeness (QED) is 0.916. The highest BCUT2D eigenvalue weighted by atomic mass is 79.9. The molecule has 3 nitrogen and oxygen atoms in total. The van der Waals surface area contributed by atoms with Crippen LogP contribution in [0.2, 0.25) is 0 Å². The predicted octanol–water partition coefficient (Wildman–Crippen LogP) is 3.45. The van der Waals surface area contributed by atoms with Crippen LogP contribution in [-0.4, -0.2) is 12.1 Å². The summed E-state index contributed by atoms with van der Waals surface area (Å²) in [6, 6.07) is 10.1. The third-order valence-electron chi connectivity index (χ3n) is 2.96. The molecule has 2 rings (SSSR count). The van der Waals surface area contributed by atoms with E-state index in [0.717, 1.165) is 29.0 Å². The van der Waals surface area contributed by atoms with Crippen LogP contribution >= 0.6 is 15.9 Å². The van der Waals surface area contributed by atoms with E-state index >= 15 is 0 Å². The molecular weight excluding hydrogens is 304 g/mol. The van der Waals surface area contributed by atoms with Crippen LogP contribution in [0.4, 0.5) is 0 Å². The molecule has 0 saturated heterocycles. The SMILES string of the molecule is COc1ccc(CNCc2ncccc2C)cc1Br. The molecule has 0 aliphatic rings. The lowest BCUT2D eigenvalue weighted by Crippen LogP contribution is -2.14. The second-order valence-corrected chi connectivity index (χ2v) is 5.19. The van der Waals surface area contributed by atoms with E-state index in [1.165, 1.54) is 11.1 Å². The Morgan fingerprint density at radius 2 is 2.11 bits per heavy atom. The molecule has 1 aromatic heterocycles. The largest absolute Gasteiger partial charge is 0.496 e. The maximum Gasteiger partial charge on any atom is 0.133 e. The molecule has 4 heteroatoms. The van der Waals surface area contributed by atoms with Gasteiger partial charge >= 0.3 is 0 Å². The van der Waals surface area contributed by atoms with Crippen LogP contribution in [0, 0.1) is 6.92 Å². The lowest BCUT2D eigenvalue weighted by atomic mass is 10.2. The Kier molecular flexibility index (Phi) is 4.93. The van der Waals surface area contributed by atoms with Gasteiger partial charge in [0, 0.05) is 19.3 Å². The maximum atomic E-state index is 5.21. The summed E-state index contributed by atoms with van der Waals surface area (Å²) in [5.41, 5.74) is 3.52. The summed E-state index contributed by atoms with van der Waals surface area (Å²) in [6.45, 7) is 3.66. The van der Waals surface area contributed by atoms with Gasteiger partial charge in [-0.25, -0.2) is 0 Å². The molecular formula is C15H17BrN2O. The molecule has 100 valence electrons. The van der Waals surface area contributed by atoms with Crippen molar-refractivity contribution >= 4 is 15.9 Å². The molecule has 0 saturated carbocycles. The Morgan fingerprint density at radius 3 is 2.79 bits per heavy atom. The average molecular weight is 321 g/mol. The number of aryl methyl sites for hydroxylation is 1. The highest BCUT2D eigenvalue weighted by molar-refractivity contribution is 9.10. The Labute approximate surface area is 122 Å². The lowest BCUT2D eigenvalue weighted by Gasteiger charge is -2.08. The summed E-state index contributed by atoms with van der Waals surface area (Å²) in [5, 5.41) is 3.40. The fourth-order valence-corrected chi connectivity index (χ4v) is 2.44. The van der Waals surface area contributed by atoms with Gasteiger partial charge in [-0.15, -0.1) is 0 Å². The summed E-state index contributed by atoms with van der Waals surface area (Å²) in [4.78, 5) is 4.36. The van der Waals surface area contributed by atoms with Gasteiger partial charge in [0.1, 0.15) is 5.75 Å². The number of aromatic nitrogens is 1. The molecule has 0 amide bonds. The molecule has 1 heterocycles. The van der Waals surface area contributed by atoms with Gasteiger partial charge in [-0.05, 0) is 52.2 Å². The number of methoxy groups -OCH3 is 1. The zero-order valence-corrected chi connectivity index (χ0v) is 12.7. The van der Waals surface area contributed by atoms with Crippen molar-refractivity contribution in [2.75, 3.05) is 7.11 Å². The number of hydrogen-bond acceptors (Lipinski definition) is 3. The fraction of sp³-hybridized carbons (Fsp3) is 0.267. The van der Waals surface area contributed by atoms with Crippen molar-refractivity contribution in [3.8, 4) is 5.75 Å². The molecule has 0 radical (unpaired) electrons. The number of pyridine rings is 1. The Balaban J connectivity index is 1.93. The average Bonchev–Trinajstić information content (AvgIpc) is 2.41. The summed E-state index contributed by atoms with van der Waals surface area (Å²) < 4.78 is 6.19. The van der Waals surface area contributed by atoms with Gasteiger partial charge < -0.3 is 10.1 Å². The molecule has 1 N–H and O–H groups in total. The molecule has 0 bridgehead atoms. The number of benzene rings is 1. The second-order valence-electron chi connectivity index (χ2n) is 4.34. The summed E-state index contributed by atoms with van der Waals surface area (Å²) in [7, 11) is 1.67. The first-order valence-corrected chi connectivity index (χ1v) is 6.93. The Morgan fingerprint density at radius 1 is 1.26 bits per heavy atom. The number of hydrogen-bond donors (Lipinski definition) is 1. The van der Waals surface area contributed by atoms with Crippen LogP contribution in [0.15, 0.2) is 41.0 Å². The molecule has 0 spiro atoms. The molecule has 2 aromatic rings. The molecule has 0 atom stereocenters. The topological polar surface area (TPSA) is 34.1 Å². The lowest BCUT2D eigenvalue weighted by molar-refractivity contribution is 0.412. The number of ether oxygens (including phenoxy) is 1. The number of nitrogens with one attached hydrogen (secondary N) is 1. The first-order chi connectivity index (χ1) is 9.20. The highest BCUT2D eigenvalue weighted by Gasteiger charge is 2.02. The van der Waals surface area contributed by atoms with Crippen LogP contribution in [0.25, 0.3) is 0 Å². The van der Waals surface area contributed by atoms with Gasteiger partial charge in [0.2, 0.25) is 0 Å². The van der Waals surface area contributed by atoms with Crippen LogP contribution in [0.3, 0.4) is 0 Å². The van der Waals surface area contributed by atoms with Crippen molar-refractivity contribution in [1.82, 2.24) is 10.3 Å². The molecule has 19 heavy (non-hydrogen) atoms. The van der Waals surface area contributed by atoms with Gasteiger partial charge in [-0.1, -0.05) is 12.1 Å². The molecule has 1 aromatic carbocycles. The third-order valence-corrected chi connectivity index (χ3v) is 3.58. The van der Waals surface area contributed by atoms with E-state index in [4.69, 9.17) is 4.74 Å². The van der Waals surface area contributed by atoms with E-state index in [2.05, 4.69) is 51.4 Å². The molecule has 0 aliphatic heterocycles. The minimum absolute atomic E-state index is 0.774.